The highest BCUT2D eigenvalue weighted by Crippen LogP contribution is 2.36. The monoisotopic (exact) mass is 428 g/mol. The SMILES string of the molecule is COc1cc(C(=O)O)ccc1N(c1csc(C#Cc2ccc(C)cc2)n1)S(=O)O. The van der Waals surface area contributed by atoms with Crippen molar-refractivity contribution >= 4 is 40.1 Å². The van der Waals surface area contributed by atoms with Crippen LogP contribution in [0.25, 0.3) is 0 Å². The lowest BCUT2D eigenvalue weighted by Crippen LogP contribution is -2.20. The van der Waals surface area contributed by atoms with Crippen LogP contribution in [0, 0.1) is 18.8 Å². The summed E-state index contributed by atoms with van der Waals surface area (Å²) < 4.78 is 28.1. The Balaban J connectivity index is 1.95. The molecule has 0 fully saturated rings. The average Bonchev–Trinajstić information content (AvgIpc) is 3.16. The van der Waals surface area contributed by atoms with Crippen LogP contribution in [0.5, 0.6) is 5.75 Å². The molecule has 0 saturated heterocycles. The Morgan fingerprint density at radius 3 is 2.55 bits per heavy atom. The summed E-state index contributed by atoms with van der Waals surface area (Å²) in [5, 5.41) is 11.2. The molecule has 148 valence electrons. The molecular weight excluding hydrogens is 412 g/mol. The number of hydrogen-bond donors (Lipinski definition) is 2. The number of carbonyl (C=O) groups is 1. The van der Waals surface area contributed by atoms with Crippen molar-refractivity contribution in [2.75, 3.05) is 11.4 Å². The van der Waals surface area contributed by atoms with E-state index in [-0.39, 0.29) is 22.8 Å². The molecule has 29 heavy (non-hydrogen) atoms. The van der Waals surface area contributed by atoms with Gasteiger partial charge in [0.15, 0.2) is 10.8 Å². The number of rotatable bonds is 5. The van der Waals surface area contributed by atoms with Gasteiger partial charge in [-0.1, -0.05) is 23.6 Å². The maximum Gasteiger partial charge on any atom is 0.335 e. The van der Waals surface area contributed by atoms with Gasteiger partial charge < -0.3 is 9.84 Å². The molecule has 7 nitrogen and oxygen atoms in total. The molecule has 1 unspecified atom stereocenters. The number of anilines is 2. The fraction of sp³-hybridized carbons (Fsp3) is 0.100. The number of aryl methyl sites for hydroxylation is 1. The third-order valence-corrected chi connectivity index (χ3v) is 5.31. The maximum absolute atomic E-state index is 12.0. The molecule has 1 aromatic heterocycles. The highest BCUT2D eigenvalue weighted by Gasteiger charge is 2.23. The second-order valence-electron chi connectivity index (χ2n) is 5.84. The predicted octanol–water partition coefficient (Wildman–Crippen LogP) is 3.83. The molecule has 3 aromatic rings. The zero-order chi connectivity index (χ0) is 21.0. The van der Waals surface area contributed by atoms with Crippen molar-refractivity contribution < 1.29 is 23.4 Å². The minimum atomic E-state index is -2.46. The van der Waals surface area contributed by atoms with Gasteiger partial charge in [0, 0.05) is 10.9 Å². The number of aromatic nitrogens is 1. The summed E-state index contributed by atoms with van der Waals surface area (Å²) in [6.07, 6.45) is 0. The van der Waals surface area contributed by atoms with Gasteiger partial charge in [0.2, 0.25) is 0 Å². The second-order valence-corrected chi connectivity index (χ2v) is 7.53. The van der Waals surface area contributed by atoms with Gasteiger partial charge in [-0.2, -0.15) is 0 Å². The Labute approximate surface area is 174 Å². The summed E-state index contributed by atoms with van der Waals surface area (Å²) >= 11 is -1.23. The summed E-state index contributed by atoms with van der Waals surface area (Å²) in [6, 6.07) is 11.7. The lowest BCUT2D eigenvalue weighted by molar-refractivity contribution is 0.0696. The van der Waals surface area contributed by atoms with Crippen molar-refractivity contribution in [3.8, 4) is 17.6 Å². The van der Waals surface area contributed by atoms with Crippen molar-refractivity contribution in [2.45, 2.75) is 6.92 Å². The Bertz CT molecular complexity index is 1130. The number of hydrogen-bond acceptors (Lipinski definition) is 5. The highest BCUT2D eigenvalue weighted by atomic mass is 32.2. The zero-order valence-corrected chi connectivity index (χ0v) is 17.1. The summed E-state index contributed by atoms with van der Waals surface area (Å²) in [6.45, 7) is 1.99. The molecule has 0 amide bonds. The van der Waals surface area contributed by atoms with Gasteiger partial charge in [0.25, 0.3) is 11.3 Å². The fourth-order valence-electron chi connectivity index (χ4n) is 2.44. The van der Waals surface area contributed by atoms with E-state index >= 15 is 0 Å². The van der Waals surface area contributed by atoms with Crippen molar-refractivity contribution in [1.82, 2.24) is 4.98 Å². The lowest BCUT2D eigenvalue weighted by Gasteiger charge is -2.20. The van der Waals surface area contributed by atoms with E-state index in [1.165, 1.54) is 36.6 Å². The Morgan fingerprint density at radius 2 is 1.93 bits per heavy atom. The number of ether oxygens (including phenoxy) is 1. The van der Waals surface area contributed by atoms with Crippen LogP contribution in [0.15, 0.2) is 47.8 Å². The van der Waals surface area contributed by atoms with Crippen LogP contribution in [0.3, 0.4) is 0 Å². The first-order valence-electron chi connectivity index (χ1n) is 8.25. The van der Waals surface area contributed by atoms with Crippen LogP contribution >= 0.6 is 11.3 Å². The molecule has 0 aliphatic heterocycles. The molecule has 0 aliphatic rings. The van der Waals surface area contributed by atoms with Gasteiger partial charge in [-0.3, -0.25) is 4.55 Å². The third-order valence-electron chi connectivity index (χ3n) is 3.87. The first-order chi connectivity index (χ1) is 13.9. The molecule has 3 rings (SSSR count). The maximum atomic E-state index is 12.0. The van der Waals surface area contributed by atoms with Gasteiger partial charge in [-0.15, -0.1) is 11.3 Å². The number of thiazole rings is 1. The van der Waals surface area contributed by atoms with E-state index in [0.717, 1.165) is 15.4 Å². The summed E-state index contributed by atoms with van der Waals surface area (Å²) in [7, 11) is 1.35. The van der Waals surface area contributed by atoms with E-state index in [1.807, 2.05) is 31.2 Å². The molecule has 2 N–H and O–H groups in total. The van der Waals surface area contributed by atoms with E-state index in [4.69, 9.17) is 9.84 Å². The van der Waals surface area contributed by atoms with E-state index in [1.54, 1.807) is 5.38 Å². The molecule has 2 aromatic carbocycles. The lowest BCUT2D eigenvalue weighted by atomic mass is 10.2. The number of carboxylic acid groups (broad SMARTS) is 1. The van der Waals surface area contributed by atoms with Crippen LogP contribution in [-0.2, 0) is 11.3 Å². The quantitative estimate of drug-likeness (QED) is 0.473. The molecule has 0 aliphatic carbocycles. The van der Waals surface area contributed by atoms with Crippen LogP contribution in [0.1, 0.15) is 26.5 Å². The van der Waals surface area contributed by atoms with E-state index < -0.39 is 17.2 Å². The topological polar surface area (TPSA) is 100.0 Å². The van der Waals surface area contributed by atoms with Gasteiger partial charge in [0.1, 0.15) is 11.4 Å². The first kappa shape index (κ1) is 20.5. The molecule has 1 atom stereocenters. The van der Waals surface area contributed by atoms with Crippen LogP contribution < -0.4 is 9.04 Å². The van der Waals surface area contributed by atoms with Crippen molar-refractivity contribution in [1.29, 1.82) is 0 Å². The second kappa shape index (κ2) is 8.87. The number of aromatic carboxylic acids is 1. The van der Waals surface area contributed by atoms with Gasteiger partial charge in [-0.05, 0) is 43.2 Å². The molecule has 0 radical (unpaired) electrons. The number of nitrogens with zero attached hydrogens (tertiary/aromatic N) is 2. The standard InChI is InChI=1S/C20H16N2O5S2/c1-13-3-5-14(6-4-13)7-10-19-21-18(12-28-19)22(29(25)26)16-9-8-15(20(23)24)11-17(16)27-2/h3-6,8-9,11-12H,1-2H3,(H,23,24)(H,25,26). The summed E-state index contributed by atoms with van der Waals surface area (Å²) in [5.41, 5.74) is 2.18. The Hall–Kier alpha value is -3.19. The predicted molar refractivity (Wildman–Crippen MR) is 112 cm³/mol. The number of carboxylic acids is 1. The Kier molecular flexibility index (Phi) is 6.29. The highest BCUT2D eigenvalue weighted by molar-refractivity contribution is 7.81. The largest absolute Gasteiger partial charge is 0.495 e. The fourth-order valence-corrected chi connectivity index (χ4v) is 3.72. The number of benzene rings is 2. The summed E-state index contributed by atoms with van der Waals surface area (Å²) in [5.74, 6) is 5.14. The minimum Gasteiger partial charge on any atom is -0.495 e. The molecule has 0 spiro atoms. The van der Waals surface area contributed by atoms with E-state index in [2.05, 4.69) is 16.8 Å². The van der Waals surface area contributed by atoms with Crippen LogP contribution in [0.4, 0.5) is 11.5 Å². The van der Waals surface area contributed by atoms with E-state index in [9.17, 15) is 13.6 Å². The molecule has 9 heteroatoms. The zero-order valence-electron chi connectivity index (χ0n) is 15.4. The van der Waals surface area contributed by atoms with Crippen LogP contribution in [-0.4, -0.2) is 31.9 Å². The first-order valence-corrected chi connectivity index (χ1v) is 10.2. The van der Waals surface area contributed by atoms with Gasteiger partial charge in [-0.25, -0.2) is 18.3 Å². The molecule has 1 heterocycles. The van der Waals surface area contributed by atoms with Crippen molar-refractivity contribution in [3.63, 3.8) is 0 Å². The smallest absolute Gasteiger partial charge is 0.335 e. The van der Waals surface area contributed by atoms with Crippen molar-refractivity contribution in [3.05, 3.63) is 69.5 Å². The minimum absolute atomic E-state index is 0.00259. The Morgan fingerprint density at radius 1 is 1.21 bits per heavy atom. The van der Waals surface area contributed by atoms with E-state index in [0.29, 0.717) is 5.01 Å². The van der Waals surface area contributed by atoms with Crippen molar-refractivity contribution in [2.24, 2.45) is 0 Å². The number of methoxy groups -OCH3 is 1. The summed E-state index contributed by atoms with van der Waals surface area (Å²) in [4.78, 5) is 15.5. The van der Waals surface area contributed by atoms with Crippen LogP contribution in [0.2, 0.25) is 0 Å². The molecule has 0 saturated carbocycles. The normalized spacial score (nSPS) is 11.3. The molecule has 0 bridgehead atoms. The third kappa shape index (κ3) is 4.81. The van der Waals surface area contributed by atoms with Gasteiger partial charge in [0.05, 0.1) is 12.7 Å². The molecular formula is C20H16N2O5S2. The van der Waals surface area contributed by atoms with Gasteiger partial charge >= 0.3 is 5.97 Å². The average molecular weight is 428 g/mol.